The molecule has 0 spiro atoms. The van der Waals surface area contributed by atoms with Crippen molar-refractivity contribution < 1.29 is 0 Å². The van der Waals surface area contributed by atoms with Crippen LogP contribution >= 0.6 is 39.0 Å². The van der Waals surface area contributed by atoms with Gasteiger partial charge in [-0.15, -0.1) is 11.3 Å². The highest BCUT2D eigenvalue weighted by atomic mass is 79.9. The average molecular weight is 485 g/mol. The maximum Gasteiger partial charge on any atom is 0.267 e. The normalized spacial score (nSPS) is 11.3. The lowest BCUT2D eigenvalue weighted by molar-refractivity contribution is 0.821. The van der Waals surface area contributed by atoms with Crippen LogP contribution in [0.4, 0.5) is 0 Å². The van der Waals surface area contributed by atoms with Gasteiger partial charge in [0, 0.05) is 15.1 Å². The predicted octanol–water partition coefficient (Wildman–Crippen LogP) is 6.68. The van der Waals surface area contributed by atoms with Crippen molar-refractivity contribution >= 4 is 49.2 Å². The lowest BCUT2D eigenvalue weighted by Crippen LogP contribution is -2.21. The van der Waals surface area contributed by atoms with Gasteiger partial charge in [-0.25, -0.2) is 4.98 Å². The first-order valence-electron chi connectivity index (χ1n) is 9.47. The van der Waals surface area contributed by atoms with Crippen molar-refractivity contribution in [1.29, 1.82) is 0 Å². The van der Waals surface area contributed by atoms with Crippen LogP contribution in [0, 0.1) is 13.8 Å². The van der Waals surface area contributed by atoms with Crippen LogP contribution in [0.5, 0.6) is 0 Å². The molecule has 0 saturated carbocycles. The summed E-state index contributed by atoms with van der Waals surface area (Å²) in [6.07, 6.45) is 0.915. The first-order chi connectivity index (χ1) is 14.0. The van der Waals surface area contributed by atoms with Gasteiger partial charge in [0.25, 0.3) is 5.56 Å². The maximum atomic E-state index is 13.6. The smallest absolute Gasteiger partial charge is 0.267 e. The van der Waals surface area contributed by atoms with Crippen molar-refractivity contribution in [2.45, 2.75) is 38.1 Å². The van der Waals surface area contributed by atoms with E-state index in [0.29, 0.717) is 0 Å². The summed E-state index contributed by atoms with van der Waals surface area (Å²) in [6.45, 7) is 6.21. The number of halogens is 1. The molecule has 0 saturated heterocycles. The van der Waals surface area contributed by atoms with Gasteiger partial charge in [0.2, 0.25) is 0 Å². The largest absolute Gasteiger partial charge is 0.268 e. The minimum Gasteiger partial charge on any atom is -0.268 e. The fourth-order valence-corrected chi connectivity index (χ4v) is 5.69. The first kappa shape index (κ1) is 20.4. The van der Waals surface area contributed by atoms with Gasteiger partial charge in [0.15, 0.2) is 5.16 Å². The Labute approximate surface area is 186 Å². The zero-order valence-corrected chi connectivity index (χ0v) is 19.7. The summed E-state index contributed by atoms with van der Waals surface area (Å²) in [4.78, 5) is 20.6. The van der Waals surface area contributed by atoms with Crippen LogP contribution in [0.15, 0.2) is 63.0 Å². The molecule has 0 amide bonds. The van der Waals surface area contributed by atoms with E-state index in [2.05, 4.69) is 35.0 Å². The van der Waals surface area contributed by atoms with E-state index >= 15 is 0 Å². The molecule has 0 fully saturated rings. The molecule has 0 bridgehead atoms. The summed E-state index contributed by atoms with van der Waals surface area (Å²) in [5.74, 6) is 0.752. The van der Waals surface area contributed by atoms with Gasteiger partial charge in [0.1, 0.15) is 4.83 Å². The molecule has 0 aliphatic rings. The van der Waals surface area contributed by atoms with Crippen molar-refractivity contribution in [2.24, 2.45) is 0 Å². The van der Waals surface area contributed by atoms with Crippen molar-refractivity contribution in [3.63, 3.8) is 0 Å². The molecule has 0 aliphatic heterocycles. The van der Waals surface area contributed by atoms with Crippen LogP contribution in [0.2, 0.25) is 0 Å². The Bertz CT molecular complexity index is 1230. The van der Waals surface area contributed by atoms with E-state index in [1.807, 2.05) is 50.2 Å². The number of hydrogen-bond acceptors (Lipinski definition) is 4. The van der Waals surface area contributed by atoms with E-state index in [0.717, 1.165) is 43.3 Å². The molecule has 4 aromatic rings. The summed E-state index contributed by atoms with van der Waals surface area (Å²) in [5, 5.41) is 1.48. The molecule has 3 nitrogen and oxygen atoms in total. The van der Waals surface area contributed by atoms with Gasteiger partial charge in [-0.05, 0) is 55.7 Å². The van der Waals surface area contributed by atoms with Gasteiger partial charge >= 0.3 is 0 Å². The molecule has 0 aliphatic carbocycles. The standard InChI is InChI=1S/C23H21BrN2OS2/c1-4-19-15(3)20-21(29-19)25-23(28-13-16-7-9-17(24)10-8-16)26(22(20)27)18-11-5-14(2)6-12-18/h5-12H,4,13H2,1-3H3. The molecular weight excluding hydrogens is 464 g/mol. The number of fused-ring (bicyclic) bond motifs is 1. The Morgan fingerprint density at radius 1 is 1.07 bits per heavy atom. The third kappa shape index (κ3) is 4.06. The SMILES string of the molecule is CCc1sc2nc(SCc3ccc(Br)cc3)n(-c3ccc(C)cc3)c(=O)c2c1C. The highest BCUT2D eigenvalue weighted by Gasteiger charge is 2.18. The molecule has 0 unspecified atom stereocenters. The fraction of sp³-hybridized carbons (Fsp3) is 0.217. The lowest BCUT2D eigenvalue weighted by atomic mass is 10.2. The molecule has 0 radical (unpaired) electrons. The van der Waals surface area contributed by atoms with Crippen LogP contribution in [-0.2, 0) is 12.2 Å². The monoisotopic (exact) mass is 484 g/mol. The molecule has 148 valence electrons. The minimum atomic E-state index is 0.0191. The van der Waals surface area contributed by atoms with Crippen molar-refractivity contribution in [3.05, 3.63) is 84.9 Å². The second kappa shape index (κ2) is 8.46. The summed E-state index contributed by atoms with van der Waals surface area (Å²) in [6, 6.07) is 16.3. The highest BCUT2D eigenvalue weighted by Crippen LogP contribution is 2.31. The maximum absolute atomic E-state index is 13.6. The van der Waals surface area contributed by atoms with Gasteiger partial charge in [0.05, 0.1) is 11.1 Å². The third-order valence-electron chi connectivity index (χ3n) is 4.93. The van der Waals surface area contributed by atoms with E-state index in [4.69, 9.17) is 4.98 Å². The van der Waals surface area contributed by atoms with Crippen molar-refractivity contribution in [2.75, 3.05) is 0 Å². The number of hydrogen-bond donors (Lipinski definition) is 0. The molecule has 29 heavy (non-hydrogen) atoms. The Morgan fingerprint density at radius 3 is 2.41 bits per heavy atom. The third-order valence-corrected chi connectivity index (χ3v) is 7.80. The molecule has 4 rings (SSSR count). The Morgan fingerprint density at radius 2 is 1.76 bits per heavy atom. The predicted molar refractivity (Wildman–Crippen MR) is 128 cm³/mol. The van der Waals surface area contributed by atoms with Crippen LogP contribution in [0.1, 0.15) is 28.5 Å². The number of aromatic nitrogens is 2. The van der Waals surface area contributed by atoms with Gasteiger partial charge in [-0.2, -0.15) is 0 Å². The summed E-state index contributed by atoms with van der Waals surface area (Å²) in [7, 11) is 0. The summed E-state index contributed by atoms with van der Waals surface area (Å²) < 4.78 is 2.83. The summed E-state index contributed by atoms with van der Waals surface area (Å²) in [5.41, 5.74) is 4.30. The van der Waals surface area contributed by atoms with Gasteiger partial charge < -0.3 is 0 Å². The van der Waals surface area contributed by atoms with Gasteiger partial charge in [-0.3, -0.25) is 9.36 Å². The first-order valence-corrected chi connectivity index (χ1v) is 12.1. The molecule has 2 aromatic heterocycles. The van der Waals surface area contributed by atoms with E-state index in [1.54, 1.807) is 27.7 Å². The van der Waals surface area contributed by atoms with Crippen LogP contribution in [0.25, 0.3) is 15.9 Å². The second-order valence-electron chi connectivity index (χ2n) is 6.97. The quantitative estimate of drug-likeness (QED) is 0.234. The zero-order valence-electron chi connectivity index (χ0n) is 16.5. The number of benzene rings is 2. The number of thiophene rings is 1. The molecule has 0 N–H and O–H groups in total. The molecular formula is C23H21BrN2OS2. The van der Waals surface area contributed by atoms with Crippen molar-refractivity contribution in [3.8, 4) is 5.69 Å². The topological polar surface area (TPSA) is 34.9 Å². The van der Waals surface area contributed by atoms with E-state index in [-0.39, 0.29) is 5.56 Å². The highest BCUT2D eigenvalue weighted by molar-refractivity contribution is 9.10. The molecule has 2 heterocycles. The molecule has 2 aromatic carbocycles. The van der Waals surface area contributed by atoms with E-state index in [9.17, 15) is 4.79 Å². The van der Waals surface area contributed by atoms with Crippen LogP contribution in [0.3, 0.4) is 0 Å². The zero-order chi connectivity index (χ0) is 20.5. The van der Waals surface area contributed by atoms with Crippen molar-refractivity contribution in [1.82, 2.24) is 9.55 Å². The molecule has 0 atom stereocenters. The molecule has 6 heteroatoms. The number of aryl methyl sites for hydroxylation is 3. The number of rotatable bonds is 5. The van der Waals surface area contributed by atoms with Gasteiger partial charge in [-0.1, -0.05) is 64.4 Å². The Kier molecular flexibility index (Phi) is 5.95. The average Bonchev–Trinajstić information content (AvgIpc) is 3.04. The number of nitrogens with zero attached hydrogens (tertiary/aromatic N) is 2. The summed E-state index contributed by atoms with van der Waals surface area (Å²) >= 11 is 6.72. The lowest BCUT2D eigenvalue weighted by Gasteiger charge is -2.13. The number of thioether (sulfide) groups is 1. The minimum absolute atomic E-state index is 0.0191. The fourth-order valence-electron chi connectivity index (χ4n) is 3.29. The van der Waals surface area contributed by atoms with E-state index in [1.165, 1.54) is 16.0 Å². The van der Waals surface area contributed by atoms with Crippen LogP contribution in [-0.4, -0.2) is 9.55 Å². The van der Waals surface area contributed by atoms with Crippen LogP contribution < -0.4 is 5.56 Å². The Hall–Kier alpha value is -1.89. The van der Waals surface area contributed by atoms with E-state index < -0.39 is 0 Å². The Balaban J connectivity index is 1.86. The second-order valence-corrected chi connectivity index (χ2v) is 9.91.